The van der Waals surface area contributed by atoms with Crippen molar-refractivity contribution in [3.8, 4) is 5.69 Å². The molecule has 1 N–H and O–H groups in total. The fourth-order valence-corrected chi connectivity index (χ4v) is 3.20. The standard InChI is InChI=1S/C25H38N4O3/c1-18-10-12-19(13-11-18)29-21(16-20(27-29)24(2,3)4)26-22(30)17-28(14-9-15-32-8)23(31)25(5,6)7/h10-13,16H,9,14-15,17H2,1-8H3,(H,26,30). The van der Waals surface area contributed by atoms with Crippen molar-refractivity contribution in [1.82, 2.24) is 14.7 Å². The summed E-state index contributed by atoms with van der Waals surface area (Å²) in [5.74, 6) is 0.267. The van der Waals surface area contributed by atoms with Gasteiger partial charge in [-0.1, -0.05) is 59.2 Å². The number of aromatic nitrogens is 2. The number of ether oxygens (including phenoxy) is 1. The van der Waals surface area contributed by atoms with Gasteiger partial charge in [-0.25, -0.2) is 4.68 Å². The Morgan fingerprint density at radius 2 is 1.72 bits per heavy atom. The van der Waals surface area contributed by atoms with E-state index in [1.165, 1.54) is 0 Å². The maximum absolute atomic E-state index is 13.0. The monoisotopic (exact) mass is 442 g/mol. The molecule has 176 valence electrons. The van der Waals surface area contributed by atoms with Gasteiger partial charge in [0.2, 0.25) is 11.8 Å². The van der Waals surface area contributed by atoms with Gasteiger partial charge in [0.05, 0.1) is 17.9 Å². The SMILES string of the molecule is COCCCN(CC(=O)Nc1cc(C(C)(C)C)nn1-c1ccc(C)cc1)C(=O)C(C)(C)C. The van der Waals surface area contributed by atoms with E-state index in [-0.39, 0.29) is 23.8 Å². The Balaban J connectivity index is 2.28. The summed E-state index contributed by atoms with van der Waals surface area (Å²) in [7, 11) is 1.63. The first kappa shape index (κ1) is 25.6. The highest BCUT2D eigenvalue weighted by atomic mass is 16.5. The lowest BCUT2D eigenvalue weighted by molar-refractivity contribution is -0.142. The largest absolute Gasteiger partial charge is 0.385 e. The highest BCUT2D eigenvalue weighted by Gasteiger charge is 2.29. The Kier molecular flexibility index (Phi) is 8.24. The number of nitrogens with one attached hydrogen (secondary N) is 1. The first-order chi connectivity index (χ1) is 14.8. The second-order valence-corrected chi connectivity index (χ2v) is 10.3. The summed E-state index contributed by atoms with van der Waals surface area (Å²) in [5.41, 5.74) is 2.13. The third kappa shape index (κ3) is 6.92. The van der Waals surface area contributed by atoms with Crippen LogP contribution in [-0.2, 0) is 19.7 Å². The Labute approximate surface area is 192 Å². The van der Waals surface area contributed by atoms with Gasteiger partial charge in [-0.2, -0.15) is 5.10 Å². The van der Waals surface area contributed by atoms with Gasteiger partial charge in [0, 0.05) is 37.2 Å². The number of benzene rings is 1. The number of amides is 2. The molecule has 0 atom stereocenters. The molecule has 1 aromatic heterocycles. The number of aryl methyl sites for hydroxylation is 1. The van der Waals surface area contributed by atoms with Crippen molar-refractivity contribution in [2.45, 2.75) is 60.3 Å². The number of nitrogens with zero attached hydrogens (tertiary/aromatic N) is 3. The van der Waals surface area contributed by atoms with Crippen molar-refractivity contribution < 1.29 is 14.3 Å². The Bertz CT molecular complexity index is 918. The summed E-state index contributed by atoms with van der Waals surface area (Å²) in [6.45, 7) is 14.8. The zero-order valence-electron chi connectivity index (χ0n) is 20.8. The topological polar surface area (TPSA) is 76.5 Å². The van der Waals surface area contributed by atoms with E-state index in [4.69, 9.17) is 9.84 Å². The summed E-state index contributed by atoms with van der Waals surface area (Å²) >= 11 is 0. The highest BCUT2D eigenvalue weighted by molar-refractivity contribution is 5.95. The van der Waals surface area contributed by atoms with Gasteiger partial charge in [-0.3, -0.25) is 9.59 Å². The molecule has 0 saturated carbocycles. The molecule has 0 aliphatic carbocycles. The van der Waals surface area contributed by atoms with E-state index in [2.05, 4.69) is 26.1 Å². The van der Waals surface area contributed by atoms with E-state index < -0.39 is 5.41 Å². The average Bonchev–Trinajstić information content (AvgIpc) is 3.10. The van der Waals surface area contributed by atoms with Crippen LogP contribution in [0.4, 0.5) is 5.82 Å². The lowest BCUT2D eigenvalue weighted by Gasteiger charge is -2.29. The quantitative estimate of drug-likeness (QED) is 0.618. The van der Waals surface area contributed by atoms with Crippen LogP contribution in [-0.4, -0.2) is 53.3 Å². The van der Waals surface area contributed by atoms with Crippen LogP contribution in [0, 0.1) is 12.3 Å². The molecule has 2 rings (SSSR count). The summed E-state index contributed by atoms with van der Waals surface area (Å²) in [5, 5.41) is 7.73. The molecular weight excluding hydrogens is 404 g/mol. The zero-order chi connectivity index (χ0) is 24.1. The van der Waals surface area contributed by atoms with Crippen LogP contribution in [0.3, 0.4) is 0 Å². The molecule has 7 heteroatoms. The van der Waals surface area contributed by atoms with Crippen molar-refractivity contribution in [3.63, 3.8) is 0 Å². The van der Waals surface area contributed by atoms with Gasteiger partial charge in [0.25, 0.3) is 0 Å². The summed E-state index contributed by atoms with van der Waals surface area (Å²) in [6, 6.07) is 9.88. The van der Waals surface area contributed by atoms with Crippen molar-refractivity contribution in [1.29, 1.82) is 0 Å². The number of carbonyl (C=O) groups is 2. The Morgan fingerprint density at radius 1 is 1.09 bits per heavy atom. The number of hydrogen-bond donors (Lipinski definition) is 1. The van der Waals surface area contributed by atoms with Gasteiger partial charge in [0.1, 0.15) is 5.82 Å². The maximum atomic E-state index is 13.0. The van der Waals surface area contributed by atoms with Gasteiger partial charge in [0.15, 0.2) is 0 Å². The minimum absolute atomic E-state index is 0.0241. The van der Waals surface area contributed by atoms with Gasteiger partial charge in [-0.05, 0) is 25.5 Å². The van der Waals surface area contributed by atoms with E-state index >= 15 is 0 Å². The molecule has 1 heterocycles. The number of methoxy groups -OCH3 is 1. The van der Waals surface area contributed by atoms with Crippen molar-refractivity contribution >= 4 is 17.6 Å². The highest BCUT2D eigenvalue weighted by Crippen LogP contribution is 2.26. The summed E-state index contributed by atoms with van der Waals surface area (Å²) in [6.07, 6.45) is 0.668. The number of hydrogen-bond acceptors (Lipinski definition) is 4. The van der Waals surface area contributed by atoms with E-state index in [9.17, 15) is 9.59 Å². The average molecular weight is 443 g/mol. The van der Waals surface area contributed by atoms with Crippen LogP contribution in [0.2, 0.25) is 0 Å². The van der Waals surface area contributed by atoms with Crippen LogP contribution in [0.1, 0.15) is 59.2 Å². The molecule has 7 nitrogen and oxygen atoms in total. The van der Waals surface area contributed by atoms with Crippen LogP contribution in [0.25, 0.3) is 5.69 Å². The molecule has 0 radical (unpaired) electrons. The third-order valence-electron chi connectivity index (χ3n) is 5.06. The van der Waals surface area contributed by atoms with Gasteiger partial charge in [-0.15, -0.1) is 0 Å². The minimum Gasteiger partial charge on any atom is -0.385 e. The lowest BCUT2D eigenvalue weighted by atomic mass is 9.92. The van der Waals surface area contributed by atoms with Crippen LogP contribution in [0.5, 0.6) is 0 Å². The first-order valence-electron chi connectivity index (χ1n) is 11.1. The Hall–Kier alpha value is -2.67. The Morgan fingerprint density at radius 3 is 2.25 bits per heavy atom. The molecule has 32 heavy (non-hydrogen) atoms. The molecule has 2 amide bonds. The molecule has 0 fully saturated rings. The predicted molar refractivity (Wildman–Crippen MR) is 128 cm³/mol. The number of anilines is 1. The van der Waals surface area contributed by atoms with Gasteiger partial charge < -0.3 is 15.0 Å². The van der Waals surface area contributed by atoms with E-state index in [1.54, 1.807) is 16.7 Å². The second kappa shape index (κ2) is 10.3. The van der Waals surface area contributed by atoms with Crippen LogP contribution >= 0.6 is 0 Å². The third-order valence-corrected chi connectivity index (χ3v) is 5.06. The number of rotatable bonds is 8. The zero-order valence-corrected chi connectivity index (χ0v) is 20.8. The predicted octanol–water partition coefficient (Wildman–Crippen LogP) is 4.33. The maximum Gasteiger partial charge on any atom is 0.245 e. The normalized spacial score (nSPS) is 12.0. The molecule has 0 saturated heterocycles. The van der Waals surface area contributed by atoms with Gasteiger partial charge >= 0.3 is 0 Å². The first-order valence-corrected chi connectivity index (χ1v) is 11.1. The fraction of sp³-hybridized carbons (Fsp3) is 0.560. The second-order valence-electron chi connectivity index (χ2n) is 10.3. The molecular formula is C25H38N4O3. The van der Waals surface area contributed by atoms with Crippen LogP contribution in [0.15, 0.2) is 30.3 Å². The molecule has 0 unspecified atom stereocenters. The van der Waals surface area contributed by atoms with Crippen LogP contribution < -0.4 is 5.32 Å². The summed E-state index contributed by atoms with van der Waals surface area (Å²) in [4.78, 5) is 27.5. The van der Waals surface area contributed by atoms with E-state index in [1.807, 2.05) is 58.0 Å². The smallest absolute Gasteiger partial charge is 0.245 e. The molecule has 0 bridgehead atoms. The summed E-state index contributed by atoms with van der Waals surface area (Å²) < 4.78 is 6.86. The molecule has 0 aliphatic heterocycles. The number of carbonyl (C=O) groups excluding carboxylic acids is 2. The minimum atomic E-state index is -0.573. The molecule has 0 aliphatic rings. The van der Waals surface area contributed by atoms with Crippen molar-refractivity contribution in [3.05, 3.63) is 41.6 Å². The molecule has 0 spiro atoms. The fourth-order valence-electron chi connectivity index (χ4n) is 3.20. The van der Waals surface area contributed by atoms with E-state index in [0.29, 0.717) is 25.4 Å². The lowest BCUT2D eigenvalue weighted by Crippen LogP contribution is -2.44. The van der Waals surface area contributed by atoms with Crippen molar-refractivity contribution in [2.24, 2.45) is 5.41 Å². The van der Waals surface area contributed by atoms with Crippen molar-refractivity contribution in [2.75, 3.05) is 32.1 Å². The molecule has 1 aromatic carbocycles. The van der Waals surface area contributed by atoms with E-state index in [0.717, 1.165) is 16.9 Å². The molecule has 2 aromatic rings.